The van der Waals surface area contributed by atoms with Crippen LogP contribution in [0.4, 0.5) is 5.69 Å². The summed E-state index contributed by atoms with van der Waals surface area (Å²) in [5.74, 6) is 0.922. The molecule has 0 saturated carbocycles. The Hall–Kier alpha value is -4.00. The molecule has 0 radical (unpaired) electrons. The highest BCUT2D eigenvalue weighted by atomic mass is 16.5. The van der Waals surface area contributed by atoms with Crippen LogP contribution in [0.15, 0.2) is 72.8 Å². The van der Waals surface area contributed by atoms with Gasteiger partial charge >= 0.3 is 0 Å². The van der Waals surface area contributed by atoms with Crippen molar-refractivity contribution in [3.05, 3.63) is 89.5 Å². The Morgan fingerprint density at radius 3 is 2.26 bits per heavy atom. The minimum absolute atomic E-state index is 0.0106. The van der Waals surface area contributed by atoms with Gasteiger partial charge in [0.1, 0.15) is 11.9 Å². The normalized spacial score (nSPS) is 11.3. The van der Waals surface area contributed by atoms with Crippen LogP contribution in [0, 0.1) is 5.41 Å². The number of benzene rings is 3. The average Bonchev–Trinajstić information content (AvgIpc) is 2.81. The fourth-order valence-corrected chi connectivity index (χ4v) is 3.13. The molecule has 0 aliphatic carbocycles. The molecule has 0 spiro atoms. The standard InChI is InChI=1S/C24H26N4O3/c1-30-20-13-10-18(14-21(20)31-2)22(24(29)27-15-16-6-4-3-5-7-16)28-19-11-8-17(9-12-19)23(25)26/h3-14,22,28H,15H2,1-2H3,(H3,25,26)(H,27,29)/t22-/m1/s1. The summed E-state index contributed by atoms with van der Waals surface area (Å²) in [6.07, 6.45) is 0. The fourth-order valence-electron chi connectivity index (χ4n) is 3.13. The summed E-state index contributed by atoms with van der Waals surface area (Å²) in [6.45, 7) is 0.411. The number of carbonyl (C=O) groups excluding carboxylic acids is 1. The molecular weight excluding hydrogens is 392 g/mol. The van der Waals surface area contributed by atoms with E-state index in [2.05, 4.69) is 10.6 Å². The summed E-state index contributed by atoms with van der Waals surface area (Å²) in [7, 11) is 3.12. The maximum Gasteiger partial charge on any atom is 0.247 e. The van der Waals surface area contributed by atoms with Crippen molar-refractivity contribution in [3.8, 4) is 11.5 Å². The van der Waals surface area contributed by atoms with Gasteiger partial charge in [0.25, 0.3) is 0 Å². The largest absolute Gasteiger partial charge is 0.493 e. The van der Waals surface area contributed by atoms with E-state index in [0.717, 1.165) is 16.8 Å². The molecule has 7 nitrogen and oxygen atoms in total. The smallest absolute Gasteiger partial charge is 0.247 e. The highest BCUT2D eigenvalue weighted by Crippen LogP contribution is 2.31. The SMILES string of the molecule is COc1ccc([C@@H](Nc2ccc(C(=N)N)cc2)C(=O)NCc2ccccc2)cc1OC. The molecule has 3 rings (SSSR count). The maximum atomic E-state index is 13.2. The van der Waals surface area contributed by atoms with Crippen molar-refractivity contribution in [1.29, 1.82) is 5.41 Å². The number of nitrogen functional groups attached to an aromatic ring is 1. The van der Waals surface area contributed by atoms with Crippen LogP contribution < -0.4 is 25.8 Å². The minimum atomic E-state index is -0.674. The Morgan fingerprint density at radius 1 is 0.968 bits per heavy atom. The predicted molar refractivity (Wildman–Crippen MR) is 122 cm³/mol. The molecule has 160 valence electrons. The molecule has 3 aromatic carbocycles. The Balaban J connectivity index is 1.87. The van der Waals surface area contributed by atoms with Gasteiger partial charge in [-0.2, -0.15) is 0 Å². The summed E-state index contributed by atoms with van der Waals surface area (Å²) in [5, 5.41) is 13.8. The Bertz CT molecular complexity index is 1040. The van der Waals surface area contributed by atoms with Crippen molar-refractivity contribution in [1.82, 2.24) is 5.32 Å². The fraction of sp³-hybridized carbons (Fsp3) is 0.167. The number of nitrogens with two attached hydrogens (primary N) is 1. The molecule has 3 aromatic rings. The van der Waals surface area contributed by atoms with Crippen molar-refractivity contribution in [3.63, 3.8) is 0 Å². The van der Waals surface area contributed by atoms with Crippen LogP contribution >= 0.6 is 0 Å². The van der Waals surface area contributed by atoms with E-state index in [1.807, 2.05) is 36.4 Å². The molecule has 0 heterocycles. The van der Waals surface area contributed by atoms with Gasteiger partial charge in [0, 0.05) is 17.8 Å². The van der Waals surface area contributed by atoms with Gasteiger partial charge in [-0.3, -0.25) is 10.2 Å². The monoisotopic (exact) mass is 418 g/mol. The van der Waals surface area contributed by atoms with Crippen molar-refractivity contribution < 1.29 is 14.3 Å². The maximum absolute atomic E-state index is 13.2. The molecule has 0 aliphatic rings. The Morgan fingerprint density at radius 2 is 1.65 bits per heavy atom. The van der Waals surface area contributed by atoms with Gasteiger partial charge in [-0.15, -0.1) is 0 Å². The summed E-state index contributed by atoms with van der Waals surface area (Å²) >= 11 is 0. The van der Waals surface area contributed by atoms with E-state index in [1.54, 1.807) is 50.6 Å². The first-order valence-electron chi connectivity index (χ1n) is 9.76. The summed E-state index contributed by atoms with van der Waals surface area (Å²) in [6, 6.07) is 21.5. The van der Waals surface area contributed by atoms with Crippen molar-refractivity contribution in [2.24, 2.45) is 5.73 Å². The number of carbonyl (C=O) groups is 1. The molecule has 5 N–H and O–H groups in total. The molecule has 0 aromatic heterocycles. The van der Waals surface area contributed by atoms with Gasteiger partial charge in [-0.25, -0.2) is 0 Å². The highest BCUT2D eigenvalue weighted by molar-refractivity contribution is 5.95. The summed E-state index contributed by atoms with van der Waals surface area (Å²) < 4.78 is 10.7. The number of methoxy groups -OCH3 is 2. The number of hydrogen-bond acceptors (Lipinski definition) is 5. The third-order valence-electron chi connectivity index (χ3n) is 4.82. The van der Waals surface area contributed by atoms with E-state index in [0.29, 0.717) is 23.6 Å². The number of amidine groups is 1. The van der Waals surface area contributed by atoms with Gasteiger partial charge < -0.3 is 25.8 Å². The molecule has 7 heteroatoms. The Kier molecular flexibility index (Phi) is 7.11. The molecule has 0 fully saturated rings. The summed E-state index contributed by atoms with van der Waals surface area (Å²) in [4.78, 5) is 13.2. The van der Waals surface area contributed by atoms with Gasteiger partial charge in [0.05, 0.1) is 14.2 Å². The summed E-state index contributed by atoms with van der Waals surface area (Å²) in [5.41, 5.74) is 8.59. The van der Waals surface area contributed by atoms with E-state index < -0.39 is 6.04 Å². The van der Waals surface area contributed by atoms with E-state index in [4.69, 9.17) is 20.6 Å². The lowest BCUT2D eigenvalue weighted by Crippen LogP contribution is -2.33. The van der Waals surface area contributed by atoms with Gasteiger partial charge in [-0.05, 0) is 47.5 Å². The van der Waals surface area contributed by atoms with E-state index >= 15 is 0 Å². The minimum Gasteiger partial charge on any atom is -0.493 e. The third-order valence-corrected chi connectivity index (χ3v) is 4.82. The first kappa shape index (κ1) is 21.7. The number of nitrogens with one attached hydrogen (secondary N) is 3. The number of hydrogen-bond donors (Lipinski definition) is 4. The van der Waals surface area contributed by atoms with Crippen molar-refractivity contribution in [2.75, 3.05) is 19.5 Å². The zero-order chi connectivity index (χ0) is 22.2. The predicted octanol–water partition coefficient (Wildman–Crippen LogP) is 3.46. The lowest BCUT2D eigenvalue weighted by atomic mass is 10.0. The van der Waals surface area contributed by atoms with Crippen LogP contribution in [0.3, 0.4) is 0 Å². The first-order valence-corrected chi connectivity index (χ1v) is 9.76. The number of anilines is 1. The topological polar surface area (TPSA) is 109 Å². The Labute approximate surface area is 181 Å². The molecule has 0 aliphatic heterocycles. The second-order valence-corrected chi connectivity index (χ2v) is 6.89. The van der Waals surface area contributed by atoms with Gasteiger partial charge in [0.15, 0.2) is 11.5 Å². The van der Waals surface area contributed by atoms with Crippen LogP contribution in [-0.4, -0.2) is 26.0 Å². The second kappa shape index (κ2) is 10.2. The van der Waals surface area contributed by atoms with Crippen LogP contribution in [0.5, 0.6) is 11.5 Å². The van der Waals surface area contributed by atoms with Crippen LogP contribution in [0.2, 0.25) is 0 Å². The van der Waals surface area contributed by atoms with E-state index in [1.165, 1.54) is 0 Å². The molecule has 0 unspecified atom stereocenters. The number of rotatable bonds is 9. The zero-order valence-corrected chi connectivity index (χ0v) is 17.5. The van der Waals surface area contributed by atoms with E-state index in [-0.39, 0.29) is 11.7 Å². The molecule has 0 saturated heterocycles. The van der Waals surface area contributed by atoms with Gasteiger partial charge in [-0.1, -0.05) is 36.4 Å². The van der Waals surface area contributed by atoms with E-state index in [9.17, 15) is 4.79 Å². The van der Waals surface area contributed by atoms with Crippen molar-refractivity contribution >= 4 is 17.4 Å². The molecule has 0 bridgehead atoms. The zero-order valence-electron chi connectivity index (χ0n) is 17.5. The van der Waals surface area contributed by atoms with Crippen LogP contribution in [-0.2, 0) is 11.3 Å². The average molecular weight is 418 g/mol. The second-order valence-electron chi connectivity index (χ2n) is 6.89. The quantitative estimate of drug-likeness (QED) is 0.314. The number of amides is 1. The molecule has 1 amide bonds. The lowest BCUT2D eigenvalue weighted by molar-refractivity contribution is -0.122. The van der Waals surface area contributed by atoms with Crippen LogP contribution in [0.25, 0.3) is 0 Å². The molecule has 31 heavy (non-hydrogen) atoms. The number of ether oxygens (including phenoxy) is 2. The first-order chi connectivity index (χ1) is 15.0. The van der Waals surface area contributed by atoms with Crippen LogP contribution in [0.1, 0.15) is 22.7 Å². The third kappa shape index (κ3) is 5.54. The molecular formula is C24H26N4O3. The lowest BCUT2D eigenvalue weighted by Gasteiger charge is -2.21. The van der Waals surface area contributed by atoms with Crippen molar-refractivity contribution in [2.45, 2.75) is 12.6 Å². The van der Waals surface area contributed by atoms with Gasteiger partial charge in [0.2, 0.25) is 5.91 Å². The highest BCUT2D eigenvalue weighted by Gasteiger charge is 2.22. The molecule has 1 atom stereocenters.